The zero-order valence-electron chi connectivity index (χ0n) is 36.9. The molecule has 0 aromatic heterocycles. The third-order valence-electron chi connectivity index (χ3n) is 16.4. The van der Waals surface area contributed by atoms with Crippen LogP contribution in [0.1, 0.15) is 172 Å². The molecule has 4 fully saturated rings. The summed E-state index contributed by atoms with van der Waals surface area (Å²) in [6, 6.07) is 34.6. The maximum atomic E-state index is 2.86. The Kier molecular flexibility index (Phi) is 12.4. The molecule has 10 rings (SSSR count). The van der Waals surface area contributed by atoms with E-state index in [-0.39, 0.29) is 35.6 Å². The molecule has 3 saturated carbocycles. The van der Waals surface area contributed by atoms with Crippen molar-refractivity contribution in [2.75, 3.05) is 0 Å². The third-order valence-corrected chi connectivity index (χ3v) is 33.3. The second-order valence-corrected chi connectivity index (χ2v) is 33.0. The predicted molar refractivity (Wildman–Crippen MR) is 242 cm³/mol. The second-order valence-electron chi connectivity index (χ2n) is 21.6. The van der Waals surface area contributed by atoms with Gasteiger partial charge in [-0.3, -0.25) is 0 Å². The molecule has 4 unspecified atom stereocenters. The van der Waals surface area contributed by atoms with Crippen molar-refractivity contribution in [2.45, 2.75) is 157 Å². The van der Waals surface area contributed by atoms with Gasteiger partial charge in [0.05, 0.1) is 0 Å². The number of hydrogen-bond acceptors (Lipinski definition) is 0. The Morgan fingerprint density at radius 1 is 0.424 bits per heavy atom. The molecular formula is C56H68Cl2Zr. The standard InChI is InChI=1S/2C25H29.C6H10.2ClH.Zr/c2*1-25(2,3)22-14-12-19(13-15-22)23-11-7-10-20-16-21(17-24(20)23)18-8-5-4-6-9-18;1-2-4-6-5-3-1;;;/h2*7,10-18H,4-6,8-9H2,1-3H3;1-2H,3-6H2;2*1H;/q;;;;;+2/p-2. The van der Waals surface area contributed by atoms with E-state index in [2.05, 4.69) is 139 Å². The molecule has 310 valence electrons. The largest absolute Gasteiger partial charge is 1.00 e. The Morgan fingerprint density at radius 3 is 1.14 bits per heavy atom. The number of allylic oxidation sites excluding steroid dienone is 2. The summed E-state index contributed by atoms with van der Waals surface area (Å²) >= 11 is -3.20. The van der Waals surface area contributed by atoms with E-state index in [9.17, 15) is 0 Å². The van der Waals surface area contributed by atoms with Gasteiger partial charge in [0.15, 0.2) is 0 Å². The van der Waals surface area contributed by atoms with Crippen molar-refractivity contribution in [3.63, 3.8) is 0 Å². The average molecular weight is 903 g/mol. The van der Waals surface area contributed by atoms with Crippen molar-refractivity contribution in [3.8, 4) is 22.3 Å². The normalized spacial score (nSPS) is 25.7. The van der Waals surface area contributed by atoms with Crippen LogP contribution in [0.2, 0.25) is 7.25 Å². The van der Waals surface area contributed by atoms with Gasteiger partial charge in [-0.15, -0.1) is 0 Å². The van der Waals surface area contributed by atoms with Crippen molar-refractivity contribution in [2.24, 2.45) is 11.8 Å². The van der Waals surface area contributed by atoms with Gasteiger partial charge in [0.2, 0.25) is 0 Å². The Hall–Kier alpha value is -2.18. The molecule has 1 aliphatic heterocycles. The smallest absolute Gasteiger partial charge is 1.00 e. The molecule has 4 atom stereocenters. The molecular weight excluding hydrogens is 835 g/mol. The molecule has 0 nitrogen and oxygen atoms in total. The van der Waals surface area contributed by atoms with Crippen LogP contribution in [0.5, 0.6) is 0 Å². The molecule has 5 aliphatic carbocycles. The van der Waals surface area contributed by atoms with Gasteiger partial charge in [0.25, 0.3) is 0 Å². The summed E-state index contributed by atoms with van der Waals surface area (Å²) in [5.74, 6) is 1.53. The number of rotatable bonds is 6. The summed E-state index contributed by atoms with van der Waals surface area (Å²) in [5, 5.41) is 0. The van der Waals surface area contributed by atoms with Crippen LogP contribution in [0.25, 0.3) is 34.4 Å². The fraction of sp³-hybridized carbons (Fsp3) is 0.500. The minimum Gasteiger partial charge on any atom is -1.00 e. The molecule has 4 aromatic carbocycles. The van der Waals surface area contributed by atoms with Crippen molar-refractivity contribution in [3.05, 3.63) is 129 Å². The molecule has 0 radical (unpaired) electrons. The molecule has 59 heavy (non-hydrogen) atoms. The second kappa shape index (κ2) is 16.8. The van der Waals surface area contributed by atoms with E-state index < -0.39 is 20.3 Å². The Labute approximate surface area is 374 Å². The molecule has 0 bridgehead atoms. The summed E-state index contributed by atoms with van der Waals surface area (Å²) < 4.78 is 3.47. The first-order valence-corrected chi connectivity index (χ1v) is 29.1. The maximum Gasteiger partial charge on any atom is -1.00 e. The monoisotopic (exact) mass is 900 g/mol. The van der Waals surface area contributed by atoms with E-state index in [1.54, 1.807) is 22.3 Å². The summed E-state index contributed by atoms with van der Waals surface area (Å²) in [4.78, 5) is 0. The molecule has 6 aliphatic rings. The van der Waals surface area contributed by atoms with Crippen LogP contribution >= 0.6 is 0 Å². The van der Waals surface area contributed by atoms with Crippen molar-refractivity contribution in [1.82, 2.24) is 0 Å². The predicted octanol–water partition coefficient (Wildman–Crippen LogP) is 10.7. The SMILES string of the molecule is CC(C)(C)c1ccc(-c2cccc3c2C=C(C2CCCCC2)[CH]3[Zr+2]2([CH]3C(C4CCCCC4)=Cc4c(-c5ccc(C(C)(C)C)cc5)cccc43)[CH]3CCCC[CH]32)cc1.[Cl-].[Cl-]. The molecule has 1 heterocycles. The van der Waals surface area contributed by atoms with Gasteiger partial charge in [-0.1, -0.05) is 0 Å². The van der Waals surface area contributed by atoms with Gasteiger partial charge in [0, 0.05) is 0 Å². The van der Waals surface area contributed by atoms with Gasteiger partial charge in [0.1, 0.15) is 0 Å². The van der Waals surface area contributed by atoms with Gasteiger partial charge in [-0.05, 0) is 0 Å². The summed E-state index contributed by atoms with van der Waals surface area (Å²) in [5.41, 5.74) is 19.6. The van der Waals surface area contributed by atoms with E-state index >= 15 is 0 Å². The van der Waals surface area contributed by atoms with Crippen LogP contribution in [0.3, 0.4) is 0 Å². The maximum absolute atomic E-state index is 3.20. The fourth-order valence-electron chi connectivity index (χ4n) is 13.6. The van der Waals surface area contributed by atoms with Crippen LogP contribution in [0, 0.1) is 11.8 Å². The van der Waals surface area contributed by atoms with E-state index in [0.717, 1.165) is 26.3 Å². The summed E-state index contributed by atoms with van der Waals surface area (Å²) in [7, 11) is 0. The first-order valence-electron chi connectivity index (χ1n) is 23.5. The quantitative estimate of drug-likeness (QED) is 0.181. The molecule has 1 saturated heterocycles. The van der Waals surface area contributed by atoms with Crippen molar-refractivity contribution in [1.29, 1.82) is 0 Å². The Morgan fingerprint density at radius 2 is 0.780 bits per heavy atom. The van der Waals surface area contributed by atoms with E-state index in [4.69, 9.17) is 0 Å². The van der Waals surface area contributed by atoms with Crippen LogP contribution < -0.4 is 24.8 Å². The molecule has 0 N–H and O–H groups in total. The van der Waals surface area contributed by atoms with E-state index in [0.29, 0.717) is 0 Å². The minimum atomic E-state index is -3.20. The Bertz CT molecular complexity index is 2040. The van der Waals surface area contributed by atoms with E-state index in [1.165, 1.54) is 123 Å². The fourth-order valence-corrected chi connectivity index (χ4v) is 36.9. The average Bonchev–Trinajstić information content (AvgIpc) is 3.48. The zero-order valence-corrected chi connectivity index (χ0v) is 40.8. The summed E-state index contributed by atoms with van der Waals surface area (Å²) in [6.45, 7) is 14.1. The van der Waals surface area contributed by atoms with Crippen LogP contribution in [-0.2, 0) is 31.1 Å². The van der Waals surface area contributed by atoms with Gasteiger partial charge in [-0.2, -0.15) is 0 Å². The molecule has 3 heteroatoms. The summed E-state index contributed by atoms with van der Waals surface area (Å²) in [6.07, 6.45) is 25.8. The topological polar surface area (TPSA) is 0 Å². The van der Waals surface area contributed by atoms with Gasteiger partial charge < -0.3 is 24.8 Å². The van der Waals surface area contributed by atoms with Gasteiger partial charge in [-0.25, -0.2) is 0 Å². The van der Waals surface area contributed by atoms with Crippen LogP contribution in [-0.4, -0.2) is 0 Å². The van der Waals surface area contributed by atoms with Crippen molar-refractivity contribution >= 4 is 12.2 Å². The first-order chi connectivity index (χ1) is 27.5. The van der Waals surface area contributed by atoms with Crippen LogP contribution in [0.4, 0.5) is 0 Å². The number of halogens is 2. The third kappa shape index (κ3) is 7.50. The molecule has 0 amide bonds. The zero-order chi connectivity index (χ0) is 39.1. The first kappa shape index (κ1) is 43.5. The molecule has 4 aromatic rings. The number of fused-ring (bicyclic) bond motifs is 3. The Balaban J connectivity index is 0.00000242. The van der Waals surface area contributed by atoms with Crippen molar-refractivity contribution < 1.29 is 45.1 Å². The van der Waals surface area contributed by atoms with Crippen LogP contribution in [0.15, 0.2) is 96.1 Å². The van der Waals surface area contributed by atoms with E-state index in [1.807, 2.05) is 11.1 Å². The number of benzene rings is 4. The van der Waals surface area contributed by atoms with Gasteiger partial charge >= 0.3 is 353 Å². The number of hydrogen-bond donors (Lipinski definition) is 0. The minimum absolute atomic E-state index is 0. The molecule has 0 spiro atoms.